The molecule has 0 saturated carbocycles. The molecule has 0 aliphatic carbocycles. The zero-order chi connectivity index (χ0) is 11.8. The average Bonchev–Trinajstić information content (AvgIpc) is 2.86. The van der Waals surface area contributed by atoms with Crippen LogP contribution in [-0.4, -0.2) is 54.3 Å². The summed E-state index contributed by atoms with van der Waals surface area (Å²) >= 11 is 0. The highest BCUT2D eigenvalue weighted by molar-refractivity contribution is 5.76. The van der Waals surface area contributed by atoms with E-state index >= 15 is 0 Å². The Bertz CT molecular complexity index is 384. The maximum atomic E-state index is 11.7. The lowest BCUT2D eigenvalue weighted by Crippen LogP contribution is -2.40. The number of hydrogen-bond acceptors (Lipinski definition) is 6. The largest absolute Gasteiger partial charge is 0.462 e. The van der Waals surface area contributed by atoms with Gasteiger partial charge in [-0.15, -0.1) is 0 Å². The molecule has 4 saturated heterocycles. The summed E-state index contributed by atoms with van der Waals surface area (Å²) in [5.41, 5.74) is 0. The van der Waals surface area contributed by atoms with Crippen LogP contribution in [0.4, 0.5) is 0 Å². The number of esters is 1. The van der Waals surface area contributed by atoms with Crippen molar-refractivity contribution in [2.45, 2.75) is 44.0 Å². The van der Waals surface area contributed by atoms with E-state index in [0.717, 1.165) is 0 Å². The third-order valence-corrected chi connectivity index (χ3v) is 3.95. The predicted molar refractivity (Wildman–Crippen MR) is 53.6 cm³/mol. The molecule has 0 bridgehead atoms. The van der Waals surface area contributed by atoms with Crippen LogP contribution in [0.2, 0.25) is 0 Å². The van der Waals surface area contributed by atoms with Crippen molar-refractivity contribution in [2.75, 3.05) is 13.2 Å². The second-order valence-corrected chi connectivity index (χ2v) is 5.53. The molecule has 0 aromatic heterocycles. The van der Waals surface area contributed by atoms with Gasteiger partial charge in [0.05, 0.1) is 12.6 Å². The summed E-state index contributed by atoms with van der Waals surface area (Å²) < 4.78 is 16.7. The van der Waals surface area contributed by atoms with Gasteiger partial charge in [-0.05, 0) is 13.8 Å². The number of hydrogen-bond donors (Lipinski definition) is 0. The molecule has 0 spiro atoms. The Morgan fingerprint density at radius 3 is 2.94 bits per heavy atom. The first kappa shape index (κ1) is 10.3. The lowest BCUT2D eigenvalue weighted by molar-refractivity contribution is -0.208. The van der Waals surface area contributed by atoms with Crippen LogP contribution in [0.15, 0.2) is 0 Å². The summed E-state index contributed by atoms with van der Waals surface area (Å²) in [4.78, 5) is 17.4. The third kappa shape index (κ3) is 1.26. The van der Waals surface area contributed by atoms with Crippen molar-refractivity contribution in [2.24, 2.45) is 5.92 Å². The summed E-state index contributed by atoms with van der Waals surface area (Å²) in [6.45, 7) is 4.82. The van der Waals surface area contributed by atoms with E-state index in [0.29, 0.717) is 13.2 Å². The number of hydroxylamine groups is 2. The Morgan fingerprint density at radius 2 is 2.12 bits per heavy atom. The molecule has 5 atom stereocenters. The van der Waals surface area contributed by atoms with E-state index in [9.17, 15) is 4.79 Å². The molecule has 4 fully saturated rings. The summed E-state index contributed by atoms with van der Waals surface area (Å²) in [5.74, 6) is -0.957. The number of fused-ring (bicyclic) bond motifs is 5. The molecule has 4 rings (SSSR count). The maximum absolute atomic E-state index is 11.7. The molecule has 4 heterocycles. The van der Waals surface area contributed by atoms with Gasteiger partial charge in [0.2, 0.25) is 0 Å². The molecular formula is C11H15NO5. The average molecular weight is 241 g/mol. The number of nitrogens with zero attached hydrogens (tertiary/aromatic N) is 1. The first-order valence-corrected chi connectivity index (χ1v) is 6.01. The van der Waals surface area contributed by atoms with Gasteiger partial charge < -0.3 is 14.2 Å². The number of carbonyl (C=O) groups is 1. The molecule has 0 amide bonds. The van der Waals surface area contributed by atoms with Gasteiger partial charge in [-0.25, -0.2) is 0 Å². The molecule has 0 aromatic carbocycles. The topological polar surface area (TPSA) is 57.2 Å². The Morgan fingerprint density at radius 1 is 1.29 bits per heavy atom. The molecule has 94 valence electrons. The van der Waals surface area contributed by atoms with Crippen molar-refractivity contribution < 1.29 is 23.8 Å². The Kier molecular flexibility index (Phi) is 1.81. The highest BCUT2D eigenvalue weighted by atomic mass is 16.8. The van der Waals surface area contributed by atoms with Crippen LogP contribution in [0.5, 0.6) is 0 Å². The first-order chi connectivity index (χ1) is 8.05. The summed E-state index contributed by atoms with van der Waals surface area (Å²) in [6, 6.07) is -0.0539. The van der Waals surface area contributed by atoms with Gasteiger partial charge in [-0.3, -0.25) is 9.63 Å². The highest BCUT2D eigenvalue weighted by Gasteiger charge is 2.64. The van der Waals surface area contributed by atoms with Gasteiger partial charge in [0.1, 0.15) is 30.8 Å². The molecule has 4 aliphatic heterocycles. The van der Waals surface area contributed by atoms with Gasteiger partial charge in [-0.1, -0.05) is 0 Å². The van der Waals surface area contributed by atoms with Crippen molar-refractivity contribution in [1.82, 2.24) is 5.06 Å². The van der Waals surface area contributed by atoms with E-state index in [-0.39, 0.29) is 36.2 Å². The van der Waals surface area contributed by atoms with Crippen LogP contribution in [0.25, 0.3) is 0 Å². The lowest BCUT2D eigenvalue weighted by Gasteiger charge is -2.24. The second kappa shape index (κ2) is 3.00. The van der Waals surface area contributed by atoms with E-state index in [2.05, 4.69) is 0 Å². The minimum Gasteiger partial charge on any atom is -0.462 e. The van der Waals surface area contributed by atoms with Crippen LogP contribution in [0.1, 0.15) is 13.8 Å². The van der Waals surface area contributed by atoms with E-state index in [1.54, 1.807) is 0 Å². The van der Waals surface area contributed by atoms with Crippen molar-refractivity contribution in [1.29, 1.82) is 0 Å². The Balaban J connectivity index is 1.65. The summed E-state index contributed by atoms with van der Waals surface area (Å²) in [7, 11) is 0. The molecule has 4 aliphatic rings. The lowest BCUT2D eigenvalue weighted by atomic mass is 9.93. The molecule has 6 nitrogen and oxygen atoms in total. The quantitative estimate of drug-likeness (QED) is 0.542. The molecular weight excluding hydrogens is 226 g/mol. The number of ether oxygens (including phenoxy) is 3. The van der Waals surface area contributed by atoms with Crippen molar-refractivity contribution in [3.63, 3.8) is 0 Å². The monoisotopic (exact) mass is 241 g/mol. The second-order valence-electron chi connectivity index (χ2n) is 5.53. The fraction of sp³-hybridized carbons (Fsp3) is 0.909. The van der Waals surface area contributed by atoms with E-state index in [4.69, 9.17) is 19.0 Å². The van der Waals surface area contributed by atoms with Crippen LogP contribution in [-0.2, 0) is 23.8 Å². The Hall–Kier alpha value is -0.690. The fourth-order valence-electron chi connectivity index (χ4n) is 3.40. The molecule has 0 N–H and O–H groups in total. The SMILES string of the molecule is CC1(C)O[C@H]2[C@H]3[C@@H]4C(=O)OC[C@@H]4ON3C[C@H]2O1. The third-order valence-electron chi connectivity index (χ3n) is 3.95. The fourth-order valence-corrected chi connectivity index (χ4v) is 3.40. The number of carbonyl (C=O) groups excluding carboxylic acids is 1. The van der Waals surface area contributed by atoms with Gasteiger partial charge in [-0.2, -0.15) is 5.06 Å². The molecule has 6 heteroatoms. The summed E-state index contributed by atoms with van der Waals surface area (Å²) in [6.07, 6.45) is -0.240. The van der Waals surface area contributed by atoms with Crippen molar-refractivity contribution in [3.8, 4) is 0 Å². The normalized spacial score (nSPS) is 51.2. The summed E-state index contributed by atoms with van der Waals surface area (Å²) in [5, 5.41) is 1.85. The van der Waals surface area contributed by atoms with Gasteiger partial charge in [0.15, 0.2) is 5.79 Å². The molecule has 0 aromatic rings. The minimum absolute atomic E-state index is 0.00986. The van der Waals surface area contributed by atoms with Gasteiger partial charge in [0, 0.05) is 0 Å². The maximum Gasteiger partial charge on any atom is 0.313 e. The minimum atomic E-state index is -0.567. The molecule has 0 radical (unpaired) electrons. The zero-order valence-electron chi connectivity index (χ0n) is 9.79. The van der Waals surface area contributed by atoms with E-state index < -0.39 is 5.79 Å². The highest BCUT2D eigenvalue weighted by Crippen LogP contribution is 2.45. The molecule has 0 unspecified atom stereocenters. The molecule has 17 heavy (non-hydrogen) atoms. The van der Waals surface area contributed by atoms with Crippen LogP contribution < -0.4 is 0 Å². The number of cyclic esters (lactones) is 1. The van der Waals surface area contributed by atoms with E-state index in [1.807, 2.05) is 18.9 Å². The Labute approximate surface area is 98.7 Å². The predicted octanol–water partition coefficient (Wildman–Crippen LogP) is -0.323. The van der Waals surface area contributed by atoms with Crippen molar-refractivity contribution in [3.05, 3.63) is 0 Å². The van der Waals surface area contributed by atoms with Gasteiger partial charge >= 0.3 is 5.97 Å². The van der Waals surface area contributed by atoms with Gasteiger partial charge in [0.25, 0.3) is 0 Å². The van der Waals surface area contributed by atoms with Crippen molar-refractivity contribution >= 4 is 5.97 Å². The number of rotatable bonds is 0. The smallest absolute Gasteiger partial charge is 0.313 e. The zero-order valence-corrected chi connectivity index (χ0v) is 9.79. The van der Waals surface area contributed by atoms with E-state index in [1.165, 1.54) is 0 Å². The van der Waals surface area contributed by atoms with Crippen LogP contribution in [0.3, 0.4) is 0 Å². The standard InChI is InChI=1S/C11H15NO5/c1-11(2)15-5-3-12-8(9(5)16-11)7-6(17-12)4-14-10(7)13/h5-9H,3-4H2,1-2H3/t5-,6+,7-,8-,9-/m1/s1. The first-order valence-electron chi connectivity index (χ1n) is 6.01. The van der Waals surface area contributed by atoms with Crippen LogP contribution >= 0.6 is 0 Å². The van der Waals surface area contributed by atoms with Crippen LogP contribution in [0, 0.1) is 5.92 Å².